The Hall–Kier alpha value is -0.760. The van der Waals surface area contributed by atoms with Gasteiger partial charge in [-0.15, -0.1) is 24.0 Å². The van der Waals surface area contributed by atoms with Crippen LogP contribution in [-0.2, 0) is 0 Å². The molecule has 0 aliphatic heterocycles. The topological polar surface area (TPSA) is 59.6 Å². The fourth-order valence-electron chi connectivity index (χ4n) is 1.32. The number of rotatable bonds is 6. The summed E-state index contributed by atoms with van der Waals surface area (Å²) in [6.45, 7) is 8.80. The van der Waals surface area contributed by atoms with Crippen LogP contribution in [0.15, 0.2) is 45.9 Å². The van der Waals surface area contributed by atoms with Crippen molar-refractivity contribution < 1.29 is 4.74 Å². The van der Waals surface area contributed by atoms with Gasteiger partial charge in [0, 0.05) is 6.54 Å². The maximum absolute atomic E-state index is 5.77. The summed E-state index contributed by atoms with van der Waals surface area (Å²) in [5, 5.41) is 2.98. The average Bonchev–Trinajstić information content (AvgIpc) is 2.36. The van der Waals surface area contributed by atoms with Crippen LogP contribution in [0.5, 0.6) is 5.75 Å². The Morgan fingerprint density at radius 3 is 2.75 bits per heavy atom. The van der Waals surface area contributed by atoms with E-state index in [9.17, 15) is 0 Å². The van der Waals surface area contributed by atoms with E-state index < -0.39 is 0 Å². The third-order valence-corrected chi connectivity index (χ3v) is 2.91. The van der Waals surface area contributed by atoms with Gasteiger partial charge in [0.05, 0.1) is 11.0 Å². The molecule has 1 unspecified atom stereocenters. The number of halogens is 2. The third-order valence-electron chi connectivity index (χ3n) is 2.25. The lowest BCUT2D eigenvalue weighted by Crippen LogP contribution is -2.33. The number of hydrogen-bond acceptors (Lipinski definition) is 2. The molecule has 0 heterocycles. The first-order valence-corrected chi connectivity index (χ1v) is 6.87. The van der Waals surface area contributed by atoms with Crippen molar-refractivity contribution in [3.63, 3.8) is 0 Å². The standard InChI is InChI=1S/C14H20BrN3O.HI/c1-10(2)8-17-14(16)18-9-11(3)19-13-7-5-4-6-12(13)15;/h4-7,11H,1,8-9H2,2-3H3,(H3,16,17,18);1H. The maximum Gasteiger partial charge on any atom is 0.188 e. The summed E-state index contributed by atoms with van der Waals surface area (Å²) in [7, 11) is 0. The molecular weight excluding hydrogens is 433 g/mol. The minimum atomic E-state index is -0.0520. The van der Waals surface area contributed by atoms with Crippen molar-refractivity contribution in [2.45, 2.75) is 20.0 Å². The van der Waals surface area contributed by atoms with Crippen molar-refractivity contribution >= 4 is 45.9 Å². The molecule has 0 amide bonds. The van der Waals surface area contributed by atoms with Crippen LogP contribution < -0.4 is 15.8 Å². The molecule has 1 aromatic carbocycles. The fraction of sp³-hybridized carbons (Fsp3) is 0.357. The SMILES string of the molecule is C=C(C)CNC(N)=NCC(C)Oc1ccccc1Br.I. The number of para-hydroxylation sites is 1. The molecule has 20 heavy (non-hydrogen) atoms. The molecule has 0 aromatic heterocycles. The molecule has 1 rings (SSSR count). The molecule has 0 fully saturated rings. The van der Waals surface area contributed by atoms with E-state index in [1.165, 1.54) is 0 Å². The molecule has 0 saturated heterocycles. The first-order valence-electron chi connectivity index (χ1n) is 6.08. The lowest BCUT2D eigenvalue weighted by atomic mass is 10.3. The molecule has 112 valence electrons. The molecule has 4 nitrogen and oxygen atoms in total. The quantitative estimate of drug-likeness (QED) is 0.300. The van der Waals surface area contributed by atoms with Gasteiger partial charge in [0.1, 0.15) is 11.9 Å². The van der Waals surface area contributed by atoms with E-state index in [2.05, 4.69) is 32.8 Å². The van der Waals surface area contributed by atoms with Crippen LogP contribution in [0.3, 0.4) is 0 Å². The molecule has 0 aliphatic carbocycles. The monoisotopic (exact) mass is 453 g/mol. The van der Waals surface area contributed by atoms with Gasteiger partial charge in [-0.25, -0.2) is 4.99 Å². The Morgan fingerprint density at radius 1 is 1.50 bits per heavy atom. The Balaban J connectivity index is 0.00000361. The second kappa shape index (κ2) is 10.0. The number of nitrogens with one attached hydrogen (secondary N) is 1. The Kier molecular flexibility index (Phi) is 9.66. The van der Waals surface area contributed by atoms with E-state index in [4.69, 9.17) is 10.5 Å². The second-order valence-electron chi connectivity index (χ2n) is 4.40. The van der Waals surface area contributed by atoms with E-state index in [-0.39, 0.29) is 30.1 Å². The lowest BCUT2D eigenvalue weighted by molar-refractivity contribution is 0.229. The van der Waals surface area contributed by atoms with Crippen molar-refractivity contribution in [3.05, 3.63) is 40.9 Å². The minimum absolute atomic E-state index is 0. The van der Waals surface area contributed by atoms with Gasteiger partial charge < -0.3 is 15.8 Å². The predicted octanol–water partition coefficient (Wildman–Crippen LogP) is 3.31. The number of aliphatic imine (C=N–C) groups is 1. The molecule has 0 bridgehead atoms. The van der Waals surface area contributed by atoms with Gasteiger partial charge in [-0.05, 0) is 41.9 Å². The first kappa shape index (κ1) is 19.2. The van der Waals surface area contributed by atoms with Gasteiger partial charge in [0.2, 0.25) is 0 Å². The summed E-state index contributed by atoms with van der Waals surface area (Å²) in [6.07, 6.45) is -0.0520. The van der Waals surface area contributed by atoms with E-state index in [0.717, 1.165) is 15.8 Å². The summed E-state index contributed by atoms with van der Waals surface area (Å²) in [4.78, 5) is 4.22. The van der Waals surface area contributed by atoms with Crippen LogP contribution in [0, 0.1) is 0 Å². The Bertz CT molecular complexity index is 465. The highest BCUT2D eigenvalue weighted by molar-refractivity contribution is 14.0. The van der Waals surface area contributed by atoms with Crippen molar-refractivity contribution in [2.75, 3.05) is 13.1 Å². The smallest absolute Gasteiger partial charge is 0.188 e. The minimum Gasteiger partial charge on any atom is -0.488 e. The molecule has 1 aromatic rings. The predicted molar refractivity (Wildman–Crippen MR) is 99.0 cm³/mol. The number of ether oxygens (including phenoxy) is 1. The van der Waals surface area contributed by atoms with E-state index >= 15 is 0 Å². The molecule has 6 heteroatoms. The molecular formula is C14H21BrIN3O. The highest BCUT2D eigenvalue weighted by Crippen LogP contribution is 2.24. The van der Waals surface area contributed by atoms with Gasteiger partial charge in [-0.2, -0.15) is 0 Å². The van der Waals surface area contributed by atoms with Gasteiger partial charge >= 0.3 is 0 Å². The zero-order chi connectivity index (χ0) is 14.3. The van der Waals surface area contributed by atoms with Gasteiger partial charge in [-0.3, -0.25) is 0 Å². The highest BCUT2D eigenvalue weighted by Gasteiger charge is 2.06. The number of guanidine groups is 1. The van der Waals surface area contributed by atoms with Crippen LogP contribution in [0.25, 0.3) is 0 Å². The number of benzene rings is 1. The van der Waals surface area contributed by atoms with E-state index in [1.807, 2.05) is 38.1 Å². The van der Waals surface area contributed by atoms with Gasteiger partial charge in [-0.1, -0.05) is 24.3 Å². The van der Waals surface area contributed by atoms with Crippen LogP contribution >= 0.6 is 39.9 Å². The van der Waals surface area contributed by atoms with E-state index in [0.29, 0.717) is 19.0 Å². The van der Waals surface area contributed by atoms with Crippen LogP contribution in [0.1, 0.15) is 13.8 Å². The third kappa shape index (κ3) is 7.74. The Morgan fingerprint density at radius 2 is 2.15 bits per heavy atom. The molecule has 0 spiro atoms. The zero-order valence-electron chi connectivity index (χ0n) is 11.7. The van der Waals surface area contributed by atoms with E-state index in [1.54, 1.807) is 0 Å². The van der Waals surface area contributed by atoms with Gasteiger partial charge in [0.25, 0.3) is 0 Å². The largest absolute Gasteiger partial charge is 0.488 e. The first-order chi connectivity index (χ1) is 8.99. The fourth-order valence-corrected chi connectivity index (χ4v) is 1.70. The molecule has 0 radical (unpaired) electrons. The highest BCUT2D eigenvalue weighted by atomic mass is 127. The van der Waals surface area contributed by atoms with Crippen LogP contribution in [0.2, 0.25) is 0 Å². The normalized spacial score (nSPS) is 12.2. The molecule has 0 aliphatic rings. The zero-order valence-corrected chi connectivity index (χ0v) is 15.6. The number of hydrogen-bond donors (Lipinski definition) is 2. The van der Waals surface area contributed by atoms with Crippen molar-refractivity contribution in [1.82, 2.24) is 5.32 Å². The second-order valence-corrected chi connectivity index (χ2v) is 5.25. The molecule has 3 N–H and O–H groups in total. The molecule has 0 saturated carbocycles. The summed E-state index contributed by atoms with van der Waals surface area (Å²) in [6, 6.07) is 7.72. The van der Waals surface area contributed by atoms with Crippen molar-refractivity contribution in [1.29, 1.82) is 0 Å². The van der Waals surface area contributed by atoms with Gasteiger partial charge in [0.15, 0.2) is 5.96 Å². The van der Waals surface area contributed by atoms with Crippen molar-refractivity contribution in [3.8, 4) is 5.75 Å². The maximum atomic E-state index is 5.77. The van der Waals surface area contributed by atoms with Crippen LogP contribution in [0.4, 0.5) is 0 Å². The van der Waals surface area contributed by atoms with Crippen LogP contribution in [-0.4, -0.2) is 25.2 Å². The molecule has 1 atom stereocenters. The summed E-state index contributed by atoms with van der Waals surface area (Å²) in [5.41, 5.74) is 6.74. The summed E-state index contributed by atoms with van der Waals surface area (Å²) in [5.74, 6) is 1.21. The number of nitrogens with two attached hydrogens (primary N) is 1. The average molecular weight is 454 g/mol. The summed E-state index contributed by atoms with van der Waals surface area (Å²) < 4.78 is 6.70. The van der Waals surface area contributed by atoms with Crippen molar-refractivity contribution in [2.24, 2.45) is 10.7 Å². The number of nitrogens with zero attached hydrogens (tertiary/aromatic N) is 1. The Labute approximate surface area is 146 Å². The summed E-state index contributed by atoms with van der Waals surface area (Å²) >= 11 is 3.44. The lowest BCUT2D eigenvalue weighted by Gasteiger charge is -2.14.